The second-order valence-corrected chi connectivity index (χ2v) is 3.53. The Morgan fingerprint density at radius 3 is 2.54 bits per heavy atom. The molecule has 0 spiro atoms. The molecule has 0 aromatic carbocycles. The minimum atomic E-state index is -4.22. The van der Waals surface area contributed by atoms with Gasteiger partial charge in [-0.25, -0.2) is 0 Å². The third-order valence-electron chi connectivity index (χ3n) is 2.10. The number of likely N-dealkylation sites (N-methyl/N-ethyl adjacent to an activating group) is 1. The molecular weight excluding hydrogens is 183 g/mol. The highest BCUT2D eigenvalue weighted by Gasteiger charge is 2.42. The average molecular weight is 197 g/mol. The summed E-state index contributed by atoms with van der Waals surface area (Å²) in [6.07, 6.45) is -6.13. The summed E-state index contributed by atoms with van der Waals surface area (Å²) in [4.78, 5) is 1.86. The van der Waals surface area contributed by atoms with Crippen molar-refractivity contribution in [3.63, 3.8) is 0 Å². The van der Waals surface area contributed by atoms with Crippen molar-refractivity contribution in [1.29, 1.82) is 0 Å². The lowest BCUT2D eigenvalue weighted by atomic mass is 10.2. The molecule has 0 amide bonds. The van der Waals surface area contributed by atoms with E-state index in [9.17, 15) is 13.2 Å². The number of ether oxygens (including phenoxy) is 1. The molecule has 0 bridgehead atoms. The SMILES string of the molecule is CC1CN(C)CCC(C(F)(F)F)O1. The first-order valence-corrected chi connectivity index (χ1v) is 4.30. The highest BCUT2D eigenvalue weighted by atomic mass is 19.4. The molecule has 2 atom stereocenters. The molecule has 13 heavy (non-hydrogen) atoms. The van der Waals surface area contributed by atoms with E-state index in [1.165, 1.54) is 0 Å². The van der Waals surface area contributed by atoms with Gasteiger partial charge in [0.15, 0.2) is 6.10 Å². The monoisotopic (exact) mass is 197 g/mol. The number of hydrogen-bond acceptors (Lipinski definition) is 2. The Bertz CT molecular complexity index is 171. The Labute approximate surface area is 75.7 Å². The predicted octanol–water partition coefficient (Wildman–Crippen LogP) is 1.66. The first-order chi connectivity index (χ1) is 5.89. The first-order valence-electron chi connectivity index (χ1n) is 4.30. The van der Waals surface area contributed by atoms with Crippen LogP contribution in [0, 0.1) is 0 Å². The Morgan fingerprint density at radius 1 is 1.38 bits per heavy atom. The number of alkyl halides is 3. The Morgan fingerprint density at radius 2 is 2.00 bits per heavy atom. The van der Waals surface area contributed by atoms with Gasteiger partial charge in [-0.3, -0.25) is 0 Å². The van der Waals surface area contributed by atoms with Crippen LogP contribution in [0.3, 0.4) is 0 Å². The lowest BCUT2D eigenvalue weighted by Crippen LogP contribution is -2.34. The van der Waals surface area contributed by atoms with E-state index in [4.69, 9.17) is 4.74 Å². The van der Waals surface area contributed by atoms with Crippen molar-refractivity contribution in [2.45, 2.75) is 31.7 Å². The van der Waals surface area contributed by atoms with Crippen LogP contribution < -0.4 is 0 Å². The zero-order chi connectivity index (χ0) is 10.1. The van der Waals surface area contributed by atoms with E-state index >= 15 is 0 Å². The standard InChI is InChI=1S/C8H14F3NO/c1-6-5-12(2)4-3-7(13-6)8(9,10)11/h6-7H,3-5H2,1-2H3. The average Bonchev–Trinajstić information content (AvgIpc) is 2.09. The molecule has 0 N–H and O–H groups in total. The number of hydrogen-bond donors (Lipinski definition) is 0. The van der Waals surface area contributed by atoms with Gasteiger partial charge in [-0.05, 0) is 20.4 Å². The van der Waals surface area contributed by atoms with Crippen molar-refractivity contribution in [1.82, 2.24) is 4.90 Å². The molecule has 0 aromatic heterocycles. The summed E-state index contributed by atoms with van der Waals surface area (Å²) in [5, 5.41) is 0. The molecule has 0 saturated carbocycles. The molecule has 78 valence electrons. The van der Waals surface area contributed by atoms with Gasteiger partial charge in [0.2, 0.25) is 0 Å². The van der Waals surface area contributed by atoms with Crippen LogP contribution in [0.15, 0.2) is 0 Å². The second kappa shape index (κ2) is 3.84. The Balaban J connectivity index is 2.58. The van der Waals surface area contributed by atoms with Gasteiger partial charge in [0.25, 0.3) is 0 Å². The molecular formula is C8H14F3NO. The van der Waals surface area contributed by atoms with Gasteiger partial charge >= 0.3 is 6.18 Å². The first kappa shape index (κ1) is 10.8. The molecule has 1 heterocycles. The smallest absolute Gasteiger partial charge is 0.364 e. The van der Waals surface area contributed by atoms with Crippen LogP contribution in [0.2, 0.25) is 0 Å². The van der Waals surface area contributed by atoms with E-state index in [0.717, 1.165) is 0 Å². The van der Waals surface area contributed by atoms with E-state index in [-0.39, 0.29) is 12.5 Å². The van der Waals surface area contributed by atoms with Crippen molar-refractivity contribution >= 4 is 0 Å². The summed E-state index contributed by atoms with van der Waals surface area (Å²) in [5.41, 5.74) is 0. The quantitative estimate of drug-likeness (QED) is 0.585. The summed E-state index contributed by atoms with van der Waals surface area (Å²) in [7, 11) is 1.80. The van der Waals surface area contributed by atoms with E-state index in [1.807, 2.05) is 4.90 Å². The predicted molar refractivity (Wildman–Crippen MR) is 42.5 cm³/mol. The van der Waals surface area contributed by atoms with E-state index in [0.29, 0.717) is 13.1 Å². The molecule has 1 aliphatic rings. The largest absolute Gasteiger partial charge is 0.414 e. The Hall–Kier alpha value is -0.290. The highest BCUT2D eigenvalue weighted by Crippen LogP contribution is 2.28. The van der Waals surface area contributed by atoms with Crippen LogP contribution >= 0.6 is 0 Å². The fraction of sp³-hybridized carbons (Fsp3) is 1.00. The third-order valence-corrected chi connectivity index (χ3v) is 2.10. The fourth-order valence-corrected chi connectivity index (χ4v) is 1.50. The van der Waals surface area contributed by atoms with Gasteiger partial charge in [-0.2, -0.15) is 13.2 Å². The van der Waals surface area contributed by atoms with Crippen molar-refractivity contribution in [3.05, 3.63) is 0 Å². The minimum absolute atomic E-state index is 0.0321. The summed E-state index contributed by atoms with van der Waals surface area (Å²) < 4.78 is 41.7. The van der Waals surface area contributed by atoms with E-state index in [2.05, 4.69) is 0 Å². The molecule has 0 aromatic rings. The minimum Gasteiger partial charge on any atom is -0.364 e. The van der Waals surface area contributed by atoms with Gasteiger partial charge < -0.3 is 9.64 Å². The summed E-state index contributed by atoms with van der Waals surface area (Å²) >= 11 is 0. The fourth-order valence-electron chi connectivity index (χ4n) is 1.50. The van der Waals surface area contributed by atoms with Gasteiger partial charge in [0.05, 0.1) is 6.10 Å². The van der Waals surface area contributed by atoms with Crippen LogP contribution in [-0.4, -0.2) is 43.4 Å². The molecule has 2 nitrogen and oxygen atoms in total. The van der Waals surface area contributed by atoms with E-state index < -0.39 is 12.3 Å². The van der Waals surface area contributed by atoms with Gasteiger partial charge in [-0.15, -0.1) is 0 Å². The molecule has 0 aliphatic carbocycles. The maximum Gasteiger partial charge on any atom is 0.414 e. The lowest BCUT2D eigenvalue weighted by Gasteiger charge is -2.20. The molecule has 2 unspecified atom stereocenters. The van der Waals surface area contributed by atoms with Gasteiger partial charge in [-0.1, -0.05) is 0 Å². The highest BCUT2D eigenvalue weighted by molar-refractivity contribution is 4.75. The zero-order valence-corrected chi connectivity index (χ0v) is 7.77. The van der Waals surface area contributed by atoms with E-state index in [1.54, 1.807) is 14.0 Å². The summed E-state index contributed by atoms with van der Waals surface area (Å²) in [6.45, 7) is 2.67. The maximum absolute atomic E-state index is 12.3. The van der Waals surface area contributed by atoms with Crippen LogP contribution in [0.4, 0.5) is 13.2 Å². The van der Waals surface area contributed by atoms with Gasteiger partial charge in [0.1, 0.15) is 0 Å². The summed E-state index contributed by atoms with van der Waals surface area (Å²) in [6, 6.07) is 0. The van der Waals surface area contributed by atoms with Gasteiger partial charge in [0, 0.05) is 13.1 Å². The number of nitrogens with zero attached hydrogens (tertiary/aromatic N) is 1. The molecule has 1 saturated heterocycles. The Kier molecular flexibility index (Phi) is 3.18. The topological polar surface area (TPSA) is 12.5 Å². The third kappa shape index (κ3) is 3.15. The molecule has 1 aliphatic heterocycles. The van der Waals surface area contributed by atoms with Crippen LogP contribution in [-0.2, 0) is 4.74 Å². The normalized spacial score (nSPS) is 33.0. The van der Waals surface area contributed by atoms with Crippen molar-refractivity contribution in [3.8, 4) is 0 Å². The molecule has 5 heteroatoms. The zero-order valence-electron chi connectivity index (χ0n) is 7.77. The number of rotatable bonds is 0. The maximum atomic E-state index is 12.3. The van der Waals surface area contributed by atoms with Crippen LogP contribution in [0.1, 0.15) is 13.3 Å². The van der Waals surface area contributed by atoms with Crippen molar-refractivity contribution < 1.29 is 17.9 Å². The van der Waals surface area contributed by atoms with Crippen LogP contribution in [0.25, 0.3) is 0 Å². The van der Waals surface area contributed by atoms with Crippen molar-refractivity contribution in [2.24, 2.45) is 0 Å². The molecule has 1 rings (SSSR count). The van der Waals surface area contributed by atoms with Crippen LogP contribution in [0.5, 0.6) is 0 Å². The molecule has 1 fully saturated rings. The second-order valence-electron chi connectivity index (χ2n) is 3.53. The van der Waals surface area contributed by atoms with Crippen molar-refractivity contribution in [2.75, 3.05) is 20.1 Å². The molecule has 0 radical (unpaired) electrons. The number of halogens is 3. The lowest BCUT2D eigenvalue weighted by molar-refractivity contribution is -0.228. The summed E-state index contributed by atoms with van der Waals surface area (Å²) in [5.74, 6) is 0.